The van der Waals surface area contributed by atoms with Crippen molar-refractivity contribution in [1.29, 1.82) is 0 Å². The Morgan fingerprint density at radius 3 is 3.10 bits per heavy atom. The van der Waals surface area contributed by atoms with E-state index in [1.54, 1.807) is 24.0 Å². The Morgan fingerprint density at radius 1 is 1.52 bits per heavy atom. The topological polar surface area (TPSA) is 68.2 Å². The molecule has 1 atom stereocenters. The number of carbonyl (C=O) groups excluding carboxylic acids is 1. The van der Waals surface area contributed by atoms with Gasteiger partial charge in [0.1, 0.15) is 11.0 Å². The molecule has 2 aromatic rings. The average Bonchev–Trinajstić information content (AvgIpc) is 3.07. The maximum Gasteiger partial charge on any atom is 0.267 e. The van der Waals surface area contributed by atoms with Crippen molar-refractivity contribution < 1.29 is 13.9 Å². The summed E-state index contributed by atoms with van der Waals surface area (Å²) in [5.74, 6) is -0.421. The Kier molecular flexibility index (Phi) is 3.78. The largest absolute Gasteiger partial charge is 0.472 e. The molecule has 3 heterocycles. The quantitative estimate of drug-likeness (QED) is 0.807. The van der Waals surface area contributed by atoms with E-state index in [-0.39, 0.29) is 17.9 Å². The predicted molar refractivity (Wildman–Crippen MR) is 73.8 cm³/mol. The number of amides is 1. The van der Waals surface area contributed by atoms with Crippen LogP contribution in [0.2, 0.25) is 0 Å². The molecule has 1 fully saturated rings. The van der Waals surface area contributed by atoms with E-state index in [9.17, 15) is 9.18 Å². The van der Waals surface area contributed by atoms with Gasteiger partial charge >= 0.3 is 0 Å². The third-order valence-corrected chi connectivity index (χ3v) is 4.07. The van der Waals surface area contributed by atoms with Crippen LogP contribution >= 0.6 is 11.5 Å². The number of hydrogen-bond acceptors (Lipinski definition) is 6. The van der Waals surface area contributed by atoms with E-state index in [2.05, 4.69) is 14.6 Å². The van der Waals surface area contributed by atoms with Gasteiger partial charge in [-0.15, -0.1) is 5.10 Å². The second-order valence-electron chi connectivity index (χ2n) is 4.77. The summed E-state index contributed by atoms with van der Waals surface area (Å²) in [7, 11) is 0. The van der Waals surface area contributed by atoms with Crippen LogP contribution in [0.15, 0.2) is 18.2 Å². The molecule has 2 aromatic heterocycles. The summed E-state index contributed by atoms with van der Waals surface area (Å²) in [6, 6.07) is 4.41. The lowest BCUT2D eigenvalue weighted by molar-refractivity contribution is 0.0774. The minimum absolute atomic E-state index is 0.0826. The molecule has 1 unspecified atom stereocenters. The summed E-state index contributed by atoms with van der Waals surface area (Å²) in [6.45, 7) is 2.81. The van der Waals surface area contributed by atoms with Crippen LogP contribution in [0, 0.1) is 12.9 Å². The standard InChI is InChI=1S/C13H13FN4O2S/c1-8-12(21-17-16-8)13(19)18-6-5-9(7-18)20-11-4-2-3-10(14)15-11/h2-4,9H,5-7H2,1H3. The van der Waals surface area contributed by atoms with Gasteiger partial charge in [-0.25, -0.2) is 0 Å². The summed E-state index contributed by atoms with van der Waals surface area (Å²) in [5.41, 5.74) is 0.640. The van der Waals surface area contributed by atoms with Gasteiger partial charge in [0.2, 0.25) is 11.8 Å². The van der Waals surface area contributed by atoms with Gasteiger partial charge in [-0.3, -0.25) is 4.79 Å². The van der Waals surface area contributed by atoms with Gasteiger partial charge in [0, 0.05) is 19.0 Å². The number of hydrogen-bond donors (Lipinski definition) is 0. The zero-order valence-electron chi connectivity index (χ0n) is 11.3. The van der Waals surface area contributed by atoms with Crippen LogP contribution in [-0.4, -0.2) is 44.6 Å². The molecule has 3 rings (SSSR count). The lowest BCUT2D eigenvalue weighted by Gasteiger charge is -2.16. The molecular weight excluding hydrogens is 295 g/mol. The number of carbonyl (C=O) groups is 1. The van der Waals surface area contributed by atoms with Gasteiger partial charge in [0.15, 0.2) is 0 Å². The number of halogens is 1. The van der Waals surface area contributed by atoms with E-state index < -0.39 is 5.95 Å². The van der Waals surface area contributed by atoms with E-state index >= 15 is 0 Å². The Hall–Kier alpha value is -2.09. The molecule has 1 amide bonds. The molecule has 1 aliphatic rings. The van der Waals surface area contributed by atoms with Crippen molar-refractivity contribution in [3.8, 4) is 5.88 Å². The highest BCUT2D eigenvalue weighted by Crippen LogP contribution is 2.20. The average molecular weight is 308 g/mol. The Labute approximate surface area is 124 Å². The molecule has 1 aliphatic heterocycles. The van der Waals surface area contributed by atoms with Crippen LogP contribution in [0.25, 0.3) is 0 Å². The third kappa shape index (κ3) is 2.99. The summed E-state index contributed by atoms with van der Waals surface area (Å²) >= 11 is 1.10. The first-order chi connectivity index (χ1) is 10.1. The number of pyridine rings is 1. The van der Waals surface area contributed by atoms with Crippen molar-refractivity contribution in [2.45, 2.75) is 19.4 Å². The number of aromatic nitrogens is 3. The SMILES string of the molecule is Cc1nnsc1C(=O)N1CCC(Oc2cccc(F)n2)C1. The lowest BCUT2D eigenvalue weighted by Crippen LogP contribution is -2.30. The highest BCUT2D eigenvalue weighted by atomic mass is 32.1. The molecule has 0 N–H and O–H groups in total. The van der Waals surface area contributed by atoms with Crippen molar-refractivity contribution in [1.82, 2.24) is 19.5 Å². The fourth-order valence-electron chi connectivity index (χ4n) is 2.21. The highest BCUT2D eigenvalue weighted by Gasteiger charge is 2.30. The van der Waals surface area contributed by atoms with Crippen molar-refractivity contribution in [2.75, 3.05) is 13.1 Å². The molecule has 8 heteroatoms. The second-order valence-corrected chi connectivity index (χ2v) is 5.52. The summed E-state index contributed by atoms with van der Waals surface area (Å²) < 4.78 is 22.4. The van der Waals surface area contributed by atoms with E-state index in [1.807, 2.05) is 0 Å². The molecule has 0 radical (unpaired) electrons. The Morgan fingerprint density at radius 2 is 2.38 bits per heavy atom. The van der Waals surface area contributed by atoms with Crippen LogP contribution in [0.1, 0.15) is 21.8 Å². The molecule has 21 heavy (non-hydrogen) atoms. The summed E-state index contributed by atoms with van der Waals surface area (Å²) in [4.78, 5) is 18.2. The second kappa shape index (κ2) is 5.72. The molecule has 6 nitrogen and oxygen atoms in total. The predicted octanol–water partition coefficient (Wildman–Crippen LogP) is 1.67. The fraction of sp³-hybridized carbons (Fsp3) is 0.385. The van der Waals surface area contributed by atoms with Gasteiger partial charge in [0.05, 0.1) is 12.2 Å². The van der Waals surface area contributed by atoms with Crippen LogP contribution in [-0.2, 0) is 0 Å². The first kappa shape index (κ1) is 13.9. The highest BCUT2D eigenvalue weighted by molar-refractivity contribution is 7.07. The zero-order valence-corrected chi connectivity index (χ0v) is 12.1. The van der Waals surface area contributed by atoms with Crippen LogP contribution in [0.4, 0.5) is 4.39 Å². The minimum Gasteiger partial charge on any atom is -0.472 e. The number of ether oxygens (including phenoxy) is 1. The van der Waals surface area contributed by atoms with Crippen molar-refractivity contribution in [3.63, 3.8) is 0 Å². The molecule has 0 bridgehead atoms. The number of aryl methyl sites for hydroxylation is 1. The molecule has 1 saturated heterocycles. The van der Waals surface area contributed by atoms with Crippen molar-refractivity contribution in [3.05, 3.63) is 34.7 Å². The van der Waals surface area contributed by atoms with Gasteiger partial charge in [0.25, 0.3) is 5.91 Å². The third-order valence-electron chi connectivity index (χ3n) is 3.25. The first-order valence-electron chi connectivity index (χ1n) is 6.51. The van der Waals surface area contributed by atoms with E-state index in [0.717, 1.165) is 11.5 Å². The smallest absolute Gasteiger partial charge is 0.267 e. The van der Waals surface area contributed by atoms with Crippen LogP contribution in [0.3, 0.4) is 0 Å². The number of likely N-dealkylation sites (tertiary alicyclic amines) is 1. The van der Waals surface area contributed by atoms with Gasteiger partial charge in [-0.2, -0.15) is 9.37 Å². The van der Waals surface area contributed by atoms with Crippen molar-refractivity contribution >= 4 is 17.4 Å². The lowest BCUT2D eigenvalue weighted by atomic mass is 10.3. The van der Waals surface area contributed by atoms with E-state index in [1.165, 1.54) is 6.07 Å². The number of nitrogens with zero attached hydrogens (tertiary/aromatic N) is 4. The Bertz CT molecular complexity index is 663. The summed E-state index contributed by atoms with van der Waals surface area (Å²) in [5, 5.41) is 3.84. The molecule has 0 spiro atoms. The minimum atomic E-state index is -0.579. The van der Waals surface area contributed by atoms with Gasteiger partial charge in [-0.05, 0) is 24.5 Å². The first-order valence-corrected chi connectivity index (χ1v) is 7.28. The van der Waals surface area contributed by atoms with Crippen LogP contribution in [0.5, 0.6) is 5.88 Å². The maximum absolute atomic E-state index is 13.0. The van der Waals surface area contributed by atoms with Crippen LogP contribution < -0.4 is 4.74 Å². The molecule has 0 saturated carbocycles. The van der Waals surface area contributed by atoms with E-state index in [0.29, 0.717) is 30.1 Å². The summed E-state index contributed by atoms with van der Waals surface area (Å²) in [6.07, 6.45) is 0.513. The maximum atomic E-state index is 13.0. The Balaban J connectivity index is 1.63. The number of rotatable bonds is 3. The fourth-order valence-corrected chi connectivity index (χ4v) is 2.83. The monoisotopic (exact) mass is 308 g/mol. The molecule has 0 aliphatic carbocycles. The van der Waals surface area contributed by atoms with Gasteiger partial charge in [-0.1, -0.05) is 10.6 Å². The molecule has 110 valence electrons. The normalized spacial score (nSPS) is 18.0. The molecule has 0 aromatic carbocycles. The van der Waals surface area contributed by atoms with Crippen molar-refractivity contribution in [2.24, 2.45) is 0 Å². The molecular formula is C13H13FN4O2S. The van der Waals surface area contributed by atoms with E-state index in [4.69, 9.17) is 4.74 Å². The van der Waals surface area contributed by atoms with Gasteiger partial charge < -0.3 is 9.64 Å². The zero-order chi connectivity index (χ0) is 14.8.